The SMILES string of the molecule is CCN(c1nc(-c2ccc(C(C)(C)C)cc2)sc1C)S(=O)(=O)c1ccc(C(C)C)c(C(=O)OC)c1. The van der Waals surface area contributed by atoms with Crippen LogP contribution in [0.1, 0.15) is 73.8 Å². The van der Waals surface area contributed by atoms with Gasteiger partial charge >= 0.3 is 5.97 Å². The van der Waals surface area contributed by atoms with E-state index in [0.29, 0.717) is 5.82 Å². The summed E-state index contributed by atoms with van der Waals surface area (Å²) in [5.74, 6) is -0.115. The highest BCUT2D eigenvalue weighted by molar-refractivity contribution is 7.92. The molecule has 0 aliphatic rings. The van der Waals surface area contributed by atoms with E-state index in [1.165, 1.54) is 34.4 Å². The van der Waals surface area contributed by atoms with Crippen LogP contribution >= 0.6 is 11.3 Å². The van der Waals surface area contributed by atoms with Gasteiger partial charge in [0.25, 0.3) is 10.0 Å². The highest BCUT2D eigenvalue weighted by Gasteiger charge is 2.29. The normalized spacial score (nSPS) is 12.1. The number of carbonyl (C=O) groups excluding carboxylic acids is 1. The molecule has 0 saturated heterocycles. The number of aromatic nitrogens is 1. The van der Waals surface area contributed by atoms with Gasteiger partial charge in [-0.15, -0.1) is 11.3 Å². The van der Waals surface area contributed by atoms with Crippen molar-refractivity contribution in [2.45, 2.75) is 64.7 Å². The van der Waals surface area contributed by atoms with E-state index < -0.39 is 16.0 Å². The molecule has 3 rings (SSSR count). The fourth-order valence-corrected chi connectivity index (χ4v) is 6.39. The molecule has 6 nitrogen and oxygen atoms in total. The van der Waals surface area contributed by atoms with Crippen LogP contribution in [0.4, 0.5) is 5.82 Å². The van der Waals surface area contributed by atoms with Crippen LogP contribution in [0.2, 0.25) is 0 Å². The van der Waals surface area contributed by atoms with E-state index in [1.807, 2.05) is 32.9 Å². The van der Waals surface area contributed by atoms with Crippen LogP contribution in [-0.2, 0) is 20.2 Å². The van der Waals surface area contributed by atoms with E-state index in [9.17, 15) is 13.2 Å². The third kappa shape index (κ3) is 5.43. The summed E-state index contributed by atoms with van der Waals surface area (Å²) < 4.78 is 33.6. The lowest BCUT2D eigenvalue weighted by atomic mass is 9.87. The van der Waals surface area contributed by atoms with Gasteiger partial charge in [-0.3, -0.25) is 0 Å². The molecule has 0 radical (unpaired) electrons. The highest BCUT2D eigenvalue weighted by atomic mass is 32.2. The Kier molecular flexibility index (Phi) is 7.77. The number of hydrogen-bond acceptors (Lipinski definition) is 6. The molecule has 8 heteroatoms. The average molecular weight is 515 g/mol. The van der Waals surface area contributed by atoms with E-state index >= 15 is 0 Å². The second-order valence-electron chi connectivity index (χ2n) is 9.79. The molecule has 0 unspecified atom stereocenters. The molecule has 1 heterocycles. The Labute approximate surface area is 213 Å². The molecule has 0 atom stereocenters. The Balaban J connectivity index is 2.04. The first-order valence-electron chi connectivity index (χ1n) is 11.6. The maximum atomic E-state index is 13.7. The van der Waals surface area contributed by atoms with Crippen LogP contribution in [0.3, 0.4) is 0 Å². The molecule has 2 aromatic carbocycles. The summed E-state index contributed by atoms with van der Waals surface area (Å²) in [7, 11) is -2.67. The van der Waals surface area contributed by atoms with Crippen LogP contribution in [0.25, 0.3) is 10.6 Å². The molecule has 0 aliphatic carbocycles. The van der Waals surface area contributed by atoms with Crippen molar-refractivity contribution in [3.63, 3.8) is 0 Å². The first-order valence-corrected chi connectivity index (χ1v) is 13.9. The summed E-state index contributed by atoms with van der Waals surface area (Å²) in [6, 6.07) is 12.9. The second-order valence-corrected chi connectivity index (χ2v) is 12.9. The number of ether oxygens (including phenoxy) is 1. The third-order valence-corrected chi connectivity index (χ3v) is 8.80. The van der Waals surface area contributed by atoms with Crippen molar-refractivity contribution in [2.75, 3.05) is 18.0 Å². The second kappa shape index (κ2) is 10.1. The van der Waals surface area contributed by atoms with Crippen molar-refractivity contribution < 1.29 is 17.9 Å². The van der Waals surface area contributed by atoms with Gasteiger partial charge in [0.1, 0.15) is 5.01 Å². The van der Waals surface area contributed by atoms with E-state index in [1.54, 1.807) is 19.1 Å². The number of nitrogens with zero attached hydrogens (tertiary/aromatic N) is 2. The molecule has 0 aliphatic heterocycles. The molecule has 35 heavy (non-hydrogen) atoms. The molecular formula is C27H34N2O4S2. The van der Waals surface area contributed by atoms with Gasteiger partial charge in [-0.25, -0.2) is 22.5 Å². The maximum Gasteiger partial charge on any atom is 0.338 e. The Bertz CT molecular complexity index is 1320. The van der Waals surface area contributed by atoms with Gasteiger partial charge in [0.15, 0.2) is 5.82 Å². The van der Waals surface area contributed by atoms with Crippen LogP contribution in [-0.4, -0.2) is 33.0 Å². The van der Waals surface area contributed by atoms with Crippen LogP contribution in [0, 0.1) is 6.92 Å². The summed E-state index contributed by atoms with van der Waals surface area (Å²) in [5, 5.41) is 0.761. The van der Waals surface area contributed by atoms with Crippen molar-refractivity contribution in [1.29, 1.82) is 0 Å². The Morgan fingerprint density at radius 1 is 1.11 bits per heavy atom. The molecule has 0 amide bonds. The Morgan fingerprint density at radius 2 is 1.74 bits per heavy atom. The number of anilines is 1. The molecule has 0 spiro atoms. The predicted octanol–water partition coefficient (Wildman–Crippen LogP) is 6.54. The molecule has 188 valence electrons. The zero-order valence-corrected chi connectivity index (χ0v) is 23.3. The lowest BCUT2D eigenvalue weighted by Crippen LogP contribution is -2.31. The molecule has 0 saturated carbocycles. The monoisotopic (exact) mass is 514 g/mol. The number of aryl methyl sites for hydroxylation is 1. The standard InChI is InChI=1S/C27H34N2O4S2/c1-9-29(35(31,32)21-14-15-22(17(2)3)23(16-21)26(30)33-8)24-18(4)34-25(28-24)19-10-12-20(13-11-19)27(5,6)7/h10-17H,9H2,1-8H3. The van der Waals surface area contributed by atoms with Crippen molar-refractivity contribution in [3.8, 4) is 10.6 Å². The third-order valence-electron chi connectivity index (χ3n) is 5.93. The first-order chi connectivity index (χ1) is 16.3. The van der Waals surface area contributed by atoms with Crippen molar-refractivity contribution in [3.05, 3.63) is 64.0 Å². The van der Waals surface area contributed by atoms with Gasteiger partial charge in [-0.1, -0.05) is 65.0 Å². The smallest absolute Gasteiger partial charge is 0.338 e. The van der Waals surface area contributed by atoms with Crippen LogP contribution in [0.15, 0.2) is 47.4 Å². The fourth-order valence-electron chi connectivity index (χ4n) is 3.90. The molecule has 1 aromatic heterocycles. The molecule has 0 fully saturated rings. The summed E-state index contributed by atoms with van der Waals surface area (Å²) in [5.41, 5.74) is 3.21. The van der Waals surface area contributed by atoms with E-state index in [0.717, 1.165) is 21.0 Å². The van der Waals surface area contributed by atoms with E-state index in [4.69, 9.17) is 9.72 Å². The number of sulfonamides is 1. The topological polar surface area (TPSA) is 76.6 Å². The minimum Gasteiger partial charge on any atom is -0.465 e. The minimum atomic E-state index is -3.96. The largest absolute Gasteiger partial charge is 0.465 e. The summed E-state index contributed by atoms with van der Waals surface area (Å²) >= 11 is 1.46. The Hall–Kier alpha value is -2.71. The number of esters is 1. The number of benzene rings is 2. The van der Waals surface area contributed by atoms with Crippen LogP contribution < -0.4 is 4.31 Å². The van der Waals surface area contributed by atoms with Gasteiger partial charge in [0, 0.05) is 17.0 Å². The van der Waals surface area contributed by atoms with Gasteiger partial charge in [0.2, 0.25) is 0 Å². The number of thiazole rings is 1. The van der Waals surface area contributed by atoms with Crippen LogP contribution in [0.5, 0.6) is 0 Å². The number of methoxy groups -OCH3 is 1. The molecular weight excluding hydrogens is 480 g/mol. The summed E-state index contributed by atoms with van der Waals surface area (Å²) in [6.45, 7) is 14.2. The minimum absolute atomic E-state index is 0.0348. The lowest BCUT2D eigenvalue weighted by molar-refractivity contribution is 0.0598. The zero-order valence-electron chi connectivity index (χ0n) is 21.7. The molecule has 0 N–H and O–H groups in total. The Morgan fingerprint density at radius 3 is 2.26 bits per heavy atom. The van der Waals surface area contributed by atoms with E-state index in [2.05, 4.69) is 32.9 Å². The predicted molar refractivity (Wildman–Crippen MR) is 143 cm³/mol. The fraction of sp³-hybridized carbons (Fsp3) is 0.407. The number of rotatable bonds is 7. The van der Waals surface area contributed by atoms with Gasteiger partial charge in [-0.2, -0.15) is 0 Å². The first kappa shape index (κ1) is 26.9. The van der Waals surface area contributed by atoms with Gasteiger partial charge in [-0.05, 0) is 48.4 Å². The summed E-state index contributed by atoms with van der Waals surface area (Å²) in [6.07, 6.45) is 0. The van der Waals surface area contributed by atoms with Crippen molar-refractivity contribution >= 4 is 33.1 Å². The number of hydrogen-bond donors (Lipinski definition) is 0. The highest BCUT2D eigenvalue weighted by Crippen LogP contribution is 2.36. The van der Waals surface area contributed by atoms with Crippen molar-refractivity contribution in [2.24, 2.45) is 0 Å². The van der Waals surface area contributed by atoms with E-state index in [-0.39, 0.29) is 28.3 Å². The van der Waals surface area contributed by atoms with Crippen molar-refractivity contribution in [1.82, 2.24) is 4.98 Å². The number of carbonyl (C=O) groups is 1. The summed E-state index contributed by atoms with van der Waals surface area (Å²) in [4.78, 5) is 18.0. The van der Waals surface area contributed by atoms with Gasteiger partial charge in [0.05, 0.1) is 17.6 Å². The zero-order chi connectivity index (χ0) is 26.1. The molecule has 0 bridgehead atoms. The molecule has 3 aromatic rings. The quantitative estimate of drug-likeness (QED) is 0.335. The lowest BCUT2D eigenvalue weighted by Gasteiger charge is -2.22. The van der Waals surface area contributed by atoms with Gasteiger partial charge < -0.3 is 4.74 Å². The average Bonchev–Trinajstić information content (AvgIpc) is 3.18. The maximum absolute atomic E-state index is 13.7.